The minimum atomic E-state index is -0.612. The van der Waals surface area contributed by atoms with Crippen molar-refractivity contribution in [3.8, 4) is 0 Å². The average Bonchev–Trinajstić information content (AvgIpc) is 2.94. The van der Waals surface area contributed by atoms with Crippen molar-refractivity contribution in [2.24, 2.45) is 0 Å². The van der Waals surface area contributed by atoms with Crippen molar-refractivity contribution in [3.63, 3.8) is 0 Å². The monoisotopic (exact) mass is 320 g/mol. The molecule has 112 valence electrons. The summed E-state index contributed by atoms with van der Waals surface area (Å²) in [5, 5.41) is 1.01. The van der Waals surface area contributed by atoms with E-state index < -0.39 is 11.8 Å². The molecule has 0 fully saturated rings. The van der Waals surface area contributed by atoms with E-state index in [0.717, 1.165) is 0 Å². The van der Waals surface area contributed by atoms with Crippen LogP contribution in [-0.4, -0.2) is 23.0 Å². The molecular formula is C15H10ClFN2O3. The molecule has 0 aliphatic carbocycles. The molecule has 3 aromatic rings. The number of ether oxygens (including phenoxy) is 1. The molecule has 3 rings (SSSR count). The van der Waals surface area contributed by atoms with Crippen molar-refractivity contribution in [1.29, 1.82) is 0 Å². The van der Waals surface area contributed by atoms with Gasteiger partial charge in [-0.15, -0.1) is 0 Å². The highest BCUT2D eigenvalue weighted by Crippen LogP contribution is 2.22. The summed E-state index contributed by atoms with van der Waals surface area (Å²) in [4.78, 5) is 19.2. The first-order valence-corrected chi connectivity index (χ1v) is 6.71. The third kappa shape index (κ3) is 2.78. The molecule has 0 radical (unpaired) electrons. The Morgan fingerprint density at radius 1 is 1.32 bits per heavy atom. The Bertz CT molecular complexity index is 863. The molecule has 0 amide bonds. The molecule has 22 heavy (non-hydrogen) atoms. The lowest BCUT2D eigenvalue weighted by molar-refractivity contribution is 0.0563. The van der Waals surface area contributed by atoms with Gasteiger partial charge in [-0.1, -0.05) is 11.6 Å². The van der Waals surface area contributed by atoms with Gasteiger partial charge >= 0.3 is 5.97 Å². The first-order chi connectivity index (χ1) is 10.6. The van der Waals surface area contributed by atoms with E-state index in [2.05, 4.69) is 14.7 Å². The van der Waals surface area contributed by atoms with E-state index in [1.807, 2.05) is 0 Å². The van der Waals surface area contributed by atoms with Crippen molar-refractivity contribution in [3.05, 3.63) is 58.6 Å². The highest BCUT2D eigenvalue weighted by atomic mass is 35.5. The number of fused-ring (bicyclic) bond motifs is 1. The number of methoxy groups -OCH3 is 1. The summed E-state index contributed by atoms with van der Waals surface area (Å²) in [6.45, 7) is 0. The summed E-state index contributed by atoms with van der Waals surface area (Å²) in [6, 6.07) is 4.73. The second-order valence-electron chi connectivity index (χ2n) is 4.59. The Kier molecular flexibility index (Phi) is 3.77. The smallest absolute Gasteiger partial charge is 0.375 e. The molecule has 0 saturated heterocycles. The van der Waals surface area contributed by atoms with E-state index in [0.29, 0.717) is 16.0 Å². The Morgan fingerprint density at radius 2 is 2.14 bits per heavy atom. The van der Waals surface area contributed by atoms with E-state index >= 15 is 0 Å². The van der Waals surface area contributed by atoms with Gasteiger partial charge in [-0.2, -0.15) is 0 Å². The lowest BCUT2D eigenvalue weighted by atomic mass is 10.1. The molecule has 0 unspecified atom stereocenters. The van der Waals surface area contributed by atoms with Crippen LogP contribution in [0.4, 0.5) is 4.39 Å². The van der Waals surface area contributed by atoms with E-state index in [1.165, 1.54) is 25.6 Å². The molecule has 0 N–H and O–H groups in total. The van der Waals surface area contributed by atoms with Gasteiger partial charge in [-0.25, -0.2) is 14.2 Å². The minimum Gasteiger partial charge on any atom is -0.463 e. The zero-order valence-electron chi connectivity index (χ0n) is 11.5. The van der Waals surface area contributed by atoms with Crippen molar-refractivity contribution in [2.45, 2.75) is 6.42 Å². The molecule has 0 aliphatic heterocycles. The van der Waals surface area contributed by atoms with Crippen LogP contribution in [0.15, 0.2) is 35.0 Å². The Balaban J connectivity index is 1.93. The van der Waals surface area contributed by atoms with E-state index in [1.54, 1.807) is 12.1 Å². The third-order valence-electron chi connectivity index (χ3n) is 3.06. The number of carbonyl (C=O) groups excluding carboxylic acids is 1. The van der Waals surface area contributed by atoms with E-state index in [-0.39, 0.29) is 23.6 Å². The molecule has 2 heterocycles. The fourth-order valence-corrected chi connectivity index (χ4v) is 2.27. The van der Waals surface area contributed by atoms with Gasteiger partial charge in [0.15, 0.2) is 5.89 Å². The van der Waals surface area contributed by atoms with E-state index in [9.17, 15) is 9.18 Å². The molecule has 0 spiro atoms. The van der Waals surface area contributed by atoms with Crippen LogP contribution in [0, 0.1) is 5.82 Å². The van der Waals surface area contributed by atoms with Gasteiger partial charge in [0.25, 0.3) is 0 Å². The molecule has 1 aromatic carbocycles. The average molecular weight is 321 g/mol. The van der Waals surface area contributed by atoms with Gasteiger partial charge < -0.3 is 9.15 Å². The second-order valence-corrected chi connectivity index (χ2v) is 5.03. The first kappa shape index (κ1) is 14.5. The number of pyridine rings is 1. The van der Waals surface area contributed by atoms with Crippen molar-refractivity contribution in [1.82, 2.24) is 9.97 Å². The largest absolute Gasteiger partial charge is 0.463 e. The summed E-state index contributed by atoms with van der Waals surface area (Å²) in [5.74, 6) is -0.777. The summed E-state index contributed by atoms with van der Waals surface area (Å²) in [7, 11) is 1.25. The predicted octanol–water partition coefficient (Wildman–Crippen LogP) is 3.39. The molecule has 0 saturated carbocycles. The molecule has 0 atom stereocenters. The Hall–Kier alpha value is -2.47. The zero-order chi connectivity index (χ0) is 15.7. The zero-order valence-corrected chi connectivity index (χ0v) is 12.2. The van der Waals surface area contributed by atoms with Gasteiger partial charge in [0.05, 0.1) is 18.3 Å². The topological polar surface area (TPSA) is 65.2 Å². The number of oxazole rings is 1. The van der Waals surface area contributed by atoms with Crippen LogP contribution in [0.5, 0.6) is 0 Å². The maximum atomic E-state index is 14.0. The van der Waals surface area contributed by atoms with Crippen molar-refractivity contribution < 1.29 is 18.3 Å². The maximum absolute atomic E-state index is 14.0. The van der Waals surface area contributed by atoms with Gasteiger partial charge in [0, 0.05) is 18.0 Å². The Morgan fingerprint density at radius 3 is 2.91 bits per heavy atom. The van der Waals surface area contributed by atoms with Crippen LogP contribution in [-0.2, 0) is 11.2 Å². The number of rotatable bonds is 3. The highest BCUT2D eigenvalue weighted by molar-refractivity contribution is 6.31. The SMILES string of the molecule is COC(=O)c1cnc(Cc2cc(F)c3ncc(Cl)cc3c2)o1. The molecular weight excluding hydrogens is 311 g/mol. The number of halogens is 2. The van der Waals surface area contributed by atoms with Crippen LogP contribution in [0.2, 0.25) is 5.02 Å². The normalized spacial score (nSPS) is 10.9. The fraction of sp³-hybridized carbons (Fsp3) is 0.133. The first-order valence-electron chi connectivity index (χ1n) is 6.33. The van der Waals surface area contributed by atoms with Crippen LogP contribution in [0.25, 0.3) is 10.9 Å². The molecule has 5 nitrogen and oxygen atoms in total. The molecule has 0 aliphatic rings. The lowest BCUT2D eigenvalue weighted by Gasteiger charge is -2.03. The summed E-state index contributed by atoms with van der Waals surface area (Å²) in [6.07, 6.45) is 2.90. The van der Waals surface area contributed by atoms with Crippen LogP contribution >= 0.6 is 11.6 Å². The number of aromatic nitrogens is 2. The molecule has 7 heteroatoms. The van der Waals surface area contributed by atoms with Gasteiger partial charge in [0.1, 0.15) is 11.3 Å². The highest BCUT2D eigenvalue weighted by Gasteiger charge is 2.14. The number of esters is 1. The number of benzene rings is 1. The van der Waals surface area contributed by atoms with Gasteiger partial charge in [-0.3, -0.25) is 4.98 Å². The fourth-order valence-electron chi connectivity index (χ4n) is 2.10. The van der Waals surface area contributed by atoms with Crippen LogP contribution < -0.4 is 0 Å². The van der Waals surface area contributed by atoms with Crippen LogP contribution in [0.3, 0.4) is 0 Å². The maximum Gasteiger partial charge on any atom is 0.375 e. The summed E-state index contributed by atoms with van der Waals surface area (Å²) >= 11 is 5.87. The van der Waals surface area contributed by atoms with Gasteiger partial charge in [-0.05, 0) is 23.8 Å². The number of hydrogen-bond acceptors (Lipinski definition) is 5. The van der Waals surface area contributed by atoms with Crippen molar-refractivity contribution >= 4 is 28.5 Å². The lowest BCUT2D eigenvalue weighted by Crippen LogP contribution is -1.98. The summed E-state index contributed by atoms with van der Waals surface area (Å²) in [5.41, 5.74) is 0.878. The predicted molar refractivity (Wildman–Crippen MR) is 77.4 cm³/mol. The number of carbonyl (C=O) groups is 1. The summed E-state index contributed by atoms with van der Waals surface area (Å²) < 4.78 is 23.8. The van der Waals surface area contributed by atoms with E-state index in [4.69, 9.17) is 16.0 Å². The quantitative estimate of drug-likeness (QED) is 0.692. The number of hydrogen-bond donors (Lipinski definition) is 0. The van der Waals surface area contributed by atoms with Gasteiger partial charge in [0.2, 0.25) is 5.76 Å². The number of nitrogens with zero attached hydrogens (tertiary/aromatic N) is 2. The van der Waals surface area contributed by atoms with Crippen molar-refractivity contribution in [2.75, 3.05) is 7.11 Å². The van der Waals surface area contributed by atoms with Crippen LogP contribution in [0.1, 0.15) is 22.0 Å². The molecule has 2 aromatic heterocycles. The minimum absolute atomic E-state index is 0.00322. The third-order valence-corrected chi connectivity index (χ3v) is 3.27. The standard InChI is InChI=1S/C15H10ClFN2O3/c1-21-15(20)12-7-18-13(22-12)4-8-2-9-5-10(16)6-19-14(9)11(17)3-8/h2-3,5-7H,4H2,1H3. The molecule has 0 bridgehead atoms. The second kappa shape index (κ2) is 5.73. The Labute approximate surface area is 129 Å².